The molecule has 0 spiro atoms. The number of hydrogen-bond acceptors (Lipinski definition) is 7. The Morgan fingerprint density at radius 1 is 1.12 bits per heavy atom. The Kier molecular flexibility index (Phi) is 7.33. The molecule has 9 heteroatoms. The Morgan fingerprint density at radius 2 is 1.88 bits per heavy atom. The minimum atomic E-state index is -3.73. The number of ether oxygens (including phenoxy) is 2. The molecule has 0 unspecified atom stereocenters. The van der Waals surface area contributed by atoms with E-state index in [1.54, 1.807) is 19.0 Å². The molecule has 4 rings (SSSR count). The van der Waals surface area contributed by atoms with E-state index in [4.69, 9.17) is 14.3 Å². The maximum Gasteiger partial charge on any atom is 0.310 e. The summed E-state index contributed by atoms with van der Waals surface area (Å²) in [5.41, 5.74) is 0.788. The molecule has 3 atom stereocenters. The molecule has 2 aromatic carbocycles. The van der Waals surface area contributed by atoms with Crippen molar-refractivity contribution in [2.45, 2.75) is 31.1 Å². The van der Waals surface area contributed by atoms with Crippen LogP contribution in [0.25, 0.3) is 0 Å². The highest BCUT2D eigenvalue weighted by Gasteiger charge is 2.47. The van der Waals surface area contributed by atoms with Crippen molar-refractivity contribution >= 4 is 16.0 Å². The van der Waals surface area contributed by atoms with Gasteiger partial charge in [0.05, 0.1) is 25.2 Å². The first-order valence-corrected chi connectivity index (χ1v) is 12.7. The van der Waals surface area contributed by atoms with E-state index < -0.39 is 27.2 Å². The van der Waals surface area contributed by atoms with Gasteiger partial charge in [0.25, 0.3) is 0 Å². The molecule has 2 aromatic rings. The van der Waals surface area contributed by atoms with Crippen molar-refractivity contribution in [2.75, 3.05) is 33.4 Å². The van der Waals surface area contributed by atoms with Crippen LogP contribution in [0.2, 0.25) is 0 Å². The van der Waals surface area contributed by atoms with E-state index >= 15 is 0 Å². The van der Waals surface area contributed by atoms with E-state index in [9.17, 15) is 13.2 Å². The first-order valence-electron chi connectivity index (χ1n) is 11.2. The Hall–Kier alpha value is -2.46. The maximum absolute atomic E-state index is 13.7. The molecule has 0 bridgehead atoms. The van der Waals surface area contributed by atoms with Gasteiger partial charge in [-0.25, -0.2) is 12.7 Å². The third-order valence-corrected chi connectivity index (χ3v) is 8.32. The summed E-state index contributed by atoms with van der Waals surface area (Å²) < 4.78 is 39.8. The predicted octanol–water partition coefficient (Wildman–Crippen LogP) is 3.37. The van der Waals surface area contributed by atoms with Crippen molar-refractivity contribution in [3.8, 4) is 11.5 Å². The van der Waals surface area contributed by atoms with Crippen LogP contribution in [0.15, 0.2) is 54.6 Å². The van der Waals surface area contributed by atoms with Crippen molar-refractivity contribution in [2.24, 2.45) is 5.92 Å². The highest BCUT2D eigenvalue weighted by Crippen LogP contribution is 2.37. The number of benzene rings is 2. The third kappa shape index (κ3) is 5.22. The Balaban J connectivity index is 1.56. The van der Waals surface area contributed by atoms with E-state index in [2.05, 4.69) is 0 Å². The number of rotatable bonds is 7. The van der Waals surface area contributed by atoms with E-state index in [-0.39, 0.29) is 25.7 Å². The summed E-state index contributed by atoms with van der Waals surface area (Å²) in [6.45, 7) is 2.62. The number of para-hydroxylation sites is 1. The smallest absolute Gasteiger partial charge is 0.310 e. The van der Waals surface area contributed by atoms with E-state index in [1.807, 2.05) is 54.6 Å². The molecular weight excluding hydrogens is 444 g/mol. The lowest BCUT2D eigenvalue weighted by Crippen LogP contribution is -2.48. The van der Waals surface area contributed by atoms with Gasteiger partial charge in [-0.1, -0.05) is 30.3 Å². The Labute approximate surface area is 195 Å². The summed E-state index contributed by atoms with van der Waals surface area (Å²) in [4.78, 5) is 17.9. The predicted molar refractivity (Wildman–Crippen MR) is 123 cm³/mol. The second kappa shape index (κ2) is 10.2. The summed E-state index contributed by atoms with van der Waals surface area (Å²) in [5, 5.41) is 0.798. The summed E-state index contributed by atoms with van der Waals surface area (Å²) in [7, 11) is -1.99. The Morgan fingerprint density at radius 3 is 2.64 bits per heavy atom. The van der Waals surface area contributed by atoms with Gasteiger partial charge in [0.15, 0.2) is 0 Å². The lowest BCUT2D eigenvalue weighted by molar-refractivity contribution is -0.149. The monoisotopic (exact) mass is 474 g/mol. The summed E-state index contributed by atoms with van der Waals surface area (Å²) in [6, 6.07) is 16.3. The van der Waals surface area contributed by atoms with Crippen LogP contribution in [0.3, 0.4) is 0 Å². The second-order valence-electron chi connectivity index (χ2n) is 8.31. The first kappa shape index (κ1) is 23.7. The second-order valence-corrected chi connectivity index (χ2v) is 10.5. The van der Waals surface area contributed by atoms with E-state index in [0.717, 1.165) is 5.56 Å². The molecular formula is C24H30N2O6S. The number of hydroxylamine groups is 2. The van der Waals surface area contributed by atoms with Gasteiger partial charge >= 0.3 is 5.97 Å². The van der Waals surface area contributed by atoms with Crippen molar-refractivity contribution in [3.63, 3.8) is 0 Å². The van der Waals surface area contributed by atoms with Crippen LogP contribution in [0, 0.1) is 5.92 Å². The van der Waals surface area contributed by atoms with Crippen LogP contribution in [-0.4, -0.2) is 62.4 Å². The number of hydrogen-bond donors (Lipinski definition) is 0. The molecule has 0 amide bonds. The number of sulfonamides is 1. The summed E-state index contributed by atoms with van der Waals surface area (Å²) >= 11 is 0. The number of esters is 1. The van der Waals surface area contributed by atoms with E-state index in [1.165, 1.54) is 4.31 Å². The van der Waals surface area contributed by atoms with Crippen LogP contribution in [0.1, 0.15) is 31.4 Å². The molecule has 0 radical (unpaired) electrons. The van der Waals surface area contributed by atoms with Crippen LogP contribution >= 0.6 is 0 Å². The molecule has 2 fully saturated rings. The molecule has 33 heavy (non-hydrogen) atoms. The van der Waals surface area contributed by atoms with Gasteiger partial charge in [-0.2, -0.15) is 5.06 Å². The number of nitrogens with zero attached hydrogens (tertiary/aromatic N) is 2. The van der Waals surface area contributed by atoms with Crippen molar-refractivity contribution in [3.05, 3.63) is 60.2 Å². The van der Waals surface area contributed by atoms with Gasteiger partial charge in [-0.3, -0.25) is 9.63 Å². The highest BCUT2D eigenvalue weighted by molar-refractivity contribution is 7.89. The number of piperidine rings is 1. The third-order valence-electron chi connectivity index (χ3n) is 6.11. The average molecular weight is 475 g/mol. The van der Waals surface area contributed by atoms with E-state index in [0.29, 0.717) is 30.9 Å². The molecule has 0 aromatic heterocycles. The minimum Gasteiger partial charge on any atom is -0.466 e. The summed E-state index contributed by atoms with van der Waals surface area (Å²) in [5.74, 6) is 0.553. The zero-order valence-corrected chi connectivity index (χ0v) is 19.7. The first-order chi connectivity index (χ1) is 15.9. The lowest BCUT2D eigenvalue weighted by Gasteiger charge is -2.34. The highest BCUT2D eigenvalue weighted by atomic mass is 32.2. The zero-order valence-electron chi connectivity index (χ0n) is 18.9. The van der Waals surface area contributed by atoms with Crippen LogP contribution in [0.5, 0.6) is 11.5 Å². The van der Waals surface area contributed by atoms with Gasteiger partial charge in [-0.05, 0) is 49.6 Å². The zero-order chi connectivity index (χ0) is 23.4. The fourth-order valence-electron chi connectivity index (χ4n) is 4.47. The van der Waals surface area contributed by atoms with Gasteiger partial charge < -0.3 is 9.47 Å². The molecule has 2 saturated heterocycles. The van der Waals surface area contributed by atoms with Crippen molar-refractivity contribution < 1.29 is 27.5 Å². The molecule has 2 aliphatic heterocycles. The molecule has 2 aliphatic rings. The number of carbonyl (C=O) groups excluding carboxylic acids is 1. The average Bonchev–Trinajstić information content (AvgIpc) is 3.22. The molecule has 178 valence electrons. The van der Waals surface area contributed by atoms with Crippen LogP contribution in [0.4, 0.5) is 0 Å². The topological polar surface area (TPSA) is 85.4 Å². The SMILES string of the molecule is CCOC(=O)[C@@H]1CCCN(S(=O)(=O)[C@H]2CON(C)[C@@H]2c2cccc(Oc3ccccc3)c2)C1. The van der Waals surface area contributed by atoms with Gasteiger partial charge in [0.1, 0.15) is 16.7 Å². The van der Waals surface area contributed by atoms with Crippen LogP contribution in [-0.2, 0) is 24.4 Å². The fraction of sp³-hybridized carbons (Fsp3) is 0.458. The molecule has 0 saturated carbocycles. The largest absolute Gasteiger partial charge is 0.466 e. The number of carbonyl (C=O) groups is 1. The maximum atomic E-state index is 13.7. The molecule has 8 nitrogen and oxygen atoms in total. The fourth-order valence-corrected chi connectivity index (χ4v) is 6.52. The molecule has 2 heterocycles. The van der Waals surface area contributed by atoms with Crippen molar-refractivity contribution in [1.82, 2.24) is 9.37 Å². The van der Waals surface area contributed by atoms with Gasteiger partial charge in [0, 0.05) is 20.1 Å². The summed E-state index contributed by atoms with van der Waals surface area (Å²) in [6.07, 6.45) is 1.26. The minimum absolute atomic E-state index is 0.0494. The lowest BCUT2D eigenvalue weighted by atomic mass is 10.0. The molecule has 0 N–H and O–H groups in total. The van der Waals surface area contributed by atoms with Gasteiger partial charge in [0.2, 0.25) is 10.0 Å². The quantitative estimate of drug-likeness (QED) is 0.569. The standard InChI is InChI=1S/C24H30N2O6S/c1-3-30-24(27)19-10-8-14-26(16-19)33(28,29)22-17-31-25(2)23(22)18-9-7-13-21(15-18)32-20-11-5-4-6-12-20/h4-7,9,11-13,15,19,22-23H,3,8,10,14,16-17H2,1-2H3/t19-,22+,23-/m1/s1. The van der Waals surface area contributed by atoms with Crippen molar-refractivity contribution in [1.29, 1.82) is 0 Å². The Bertz CT molecular complexity index is 1060. The molecule has 0 aliphatic carbocycles. The normalized spacial score (nSPS) is 24.5. The van der Waals surface area contributed by atoms with Gasteiger partial charge in [-0.15, -0.1) is 0 Å². The van der Waals surface area contributed by atoms with Crippen LogP contribution < -0.4 is 4.74 Å².